The fourth-order valence-corrected chi connectivity index (χ4v) is 7.07. The second kappa shape index (κ2) is 11.5. The summed E-state index contributed by atoms with van der Waals surface area (Å²) in [5.74, 6) is -0.207. The number of methoxy groups -OCH3 is 1. The normalized spacial score (nSPS) is 26.2. The molecule has 2 N–H and O–H groups in total. The fraction of sp³-hybridized carbons (Fsp3) is 0.677. The van der Waals surface area contributed by atoms with Crippen LogP contribution in [0.1, 0.15) is 82.8 Å². The topological polar surface area (TPSA) is 124 Å². The molecular weight excluding hydrogens is 530 g/mol. The number of ether oxygens (including phenoxy) is 5. The third kappa shape index (κ3) is 5.79. The molecule has 1 spiro atoms. The van der Waals surface area contributed by atoms with Crippen molar-refractivity contribution < 1.29 is 43.5 Å². The van der Waals surface area contributed by atoms with Crippen molar-refractivity contribution in [3.63, 3.8) is 0 Å². The Morgan fingerprint density at radius 1 is 1.15 bits per heavy atom. The van der Waals surface area contributed by atoms with Gasteiger partial charge in [-0.3, -0.25) is 9.69 Å². The SMILES string of the molecule is CCCCCOC(=O)C[C@](O)(CC(C)(C)O)C(=O)OC1C(OC)=CC23CCCN2CCc2cc4c(cc2[C@H]13)OCO4. The minimum atomic E-state index is -2.30. The zero-order chi connectivity index (χ0) is 29.4. The smallest absolute Gasteiger partial charge is 0.339 e. The zero-order valence-electron chi connectivity index (χ0n) is 24.6. The summed E-state index contributed by atoms with van der Waals surface area (Å²) in [6.45, 7) is 7.07. The van der Waals surface area contributed by atoms with E-state index in [0.717, 1.165) is 56.3 Å². The van der Waals surface area contributed by atoms with E-state index >= 15 is 0 Å². The van der Waals surface area contributed by atoms with Crippen LogP contribution in [0.25, 0.3) is 0 Å². The number of rotatable bonds is 11. The van der Waals surface area contributed by atoms with Crippen LogP contribution in [-0.2, 0) is 30.2 Å². The van der Waals surface area contributed by atoms with Gasteiger partial charge >= 0.3 is 11.9 Å². The van der Waals surface area contributed by atoms with Gasteiger partial charge in [0.1, 0.15) is 5.76 Å². The lowest BCUT2D eigenvalue weighted by Crippen LogP contribution is -2.51. The largest absolute Gasteiger partial charge is 0.497 e. The van der Waals surface area contributed by atoms with Crippen molar-refractivity contribution in [1.82, 2.24) is 4.90 Å². The maximum absolute atomic E-state index is 13.9. The molecule has 0 amide bonds. The molecule has 5 rings (SSSR count). The summed E-state index contributed by atoms with van der Waals surface area (Å²) in [6, 6.07) is 3.99. The van der Waals surface area contributed by atoms with E-state index in [9.17, 15) is 19.8 Å². The summed E-state index contributed by atoms with van der Waals surface area (Å²) in [6.07, 6.45) is 5.37. The number of carbonyl (C=O) groups is 2. The highest BCUT2D eigenvalue weighted by Crippen LogP contribution is 2.55. The zero-order valence-corrected chi connectivity index (χ0v) is 24.6. The summed E-state index contributed by atoms with van der Waals surface area (Å²) in [5.41, 5.74) is -2.13. The Balaban J connectivity index is 1.47. The molecule has 41 heavy (non-hydrogen) atoms. The van der Waals surface area contributed by atoms with Crippen molar-refractivity contribution >= 4 is 11.9 Å². The van der Waals surface area contributed by atoms with E-state index < -0.39 is 47.6 Å². The molecule has 226 valence electrons. The van der Waals surface area contributed by atoms with Gasteiger partial charge in [0, 0.05) is 13.0 Å². The average molecular weight is 574 g/mol. The van der Waals surface area contributed by atoms with Crippen LogP contribution < -0.4 is 9.47 Å². The number of nitrogens with zero attached hydrogens (tertiary/aromatic N) is 1. The van der Waals surface area contributed by atoms with E-state index in [1.165, 1.54) is 13.8 Å². The van der Waals surface area contributed by atoms with Gasteiger partial charge in [0.25, 0.3) is 0 Å². The number of aliphatic hydroxyl groups is 2. The van der Waals surface area contributed by atoms with Gasteiger partial charge in [0.2, 0.25) is 6.79 Å². The quantitative estimate of drug-likeness (QED) is 0.301. The Morgan fingerprint density at radius 2 is 1.90 bits per heavy atom. The predicted molar refractivity (Wildman–Crippen MR) is 148 cm³/mol. The molecule has 1 aromatic rings. The minimum absolute atomic E-state index is 0.151. The summed E-state index contributed by atoms with van der Waals surface area (Å²) >= 11 is 0. The Hall–Kier alpha value is -2.82. The van der Waals surface area contributed by atoms with Crippen LogP contribution in [0, 0.1) is 0 Å². The first-order chi connectivity index (χ1) is 19.5. The summed E-state index contributed by atoms with van der Waals surface area (Å²) in [4.78, 5) is 29.0. The van der Waals surface area contributed by atoms with Gasteiger partial charge in [-0.1, -0.05) is 19.8 Å². The maximum atomic E-state index is 13.9. The van der Waals surface area contributed by atoms with Crippen LogP contribution in [-0.4, -0.2) is 83.5 Å². The molecule has 4 aliphatic rings. The third-order valence-corrected chi connectivity index (χ3v) is 8.75. The molecule has 3 heterocycles. The monoisotopic (exact) mass is 573 g/mol. The van der Waals surface area contributed by atoms with Gasteiger partial charge in [0.05, 0.1) is 37.2 Å². The van der Waals surface area contributed by atoms with Gasteiger partial charge in [-0.15, -0.1) is 0 Å². The molecule has 1 fully saturated rings. The highest BCUT2D eigenvalue weighted by Gasteiger charge is 2.59. The standard InChI is InChI=1S/C31H43NO9/c1-5-6-7-13-38-25(33)17-31(36,18-29(2,3)35)28(34)41-27-24(37-4)16-30-10-8-11-32(30)12-9-20-14-22-23(40-19-39-22)15-21(20)26(27)30/h14-16,26-27,35-36H,5-13,17-19H2,1-4H3/t26-,27?,30?,31+/m1/s1. The number of hydrogen-bond donors (Lipinski definition) is 2. The molecule has 0 saturated carbocycles. The summed E-state index contributed by atoms with van der Waals surface area (Å²) in [5, 5.41) is 22.2. The first kappa shape index (κ1) is 29.7. The van der Waals surface area contributed by atoms with Crippen molar-refractivity contribution in [2.75, 3.05) is 33.6 Å². The number of fused-ring (bicyclic) bond motifs is 3. The number of benzene rings is 1. The van der Waals surface area contributed by atoms with Crippen LogP contribution in [0.4, 0.5) is 0 Å². The molecule has 10 heteroatoms. The molecule has 1 aliphatic carbocycles. The number of hydrogen-bond acceptors (Lipinski definition) is 10. The van der Waals surface area contributed by atoms with Crippen molar-refractivity contribution in [2.24, 2.45) is 0 Å². The van der Waals surface area contributed by atoms with Crippen LogP contribution in [0.3, 0.4) is 0 Å². The molecule has 0 radical (unpaired) electrons. The summed E-state index contributed by atoms with van der Waals surface area (Å²) < 4.78 is 28.7. The van der Waals surface area contributed by atoms with Crippen LogP contribution in [0.2, 0.25) is 0 Å². The highest BCUT2D eigenvalue weighted by molar-refractivity contribution is 5.86. The Labute approximate surface area is 241 Å². The van der Waals surface area contributed by atoms with Gasteiger partial charge in [-0.25, -0.2) is 4.79 Å². The van der Waals surface area contributed by atoms with Crippen molar-refractivity contribution in [3.05, 3.63) is 35.1 Å². The average Bonchev–Trinajstić information content (AvgIpc) is 3.59. The van der Waals surface area contributed by atoms with Crippen molar-refractivity contribution in [1.29, 1.82) is 0 Å². The Bertz CT molecular complexity index is 1190. The second-order valence-corrected chi connectivity index (χ2v) is 12.4. The third-order valence-electron chi connectivity index (χ3n) is 8.75. The lowest BCUT2D eigenvalue weighted by molar-refractivity contribution is -0.183. The first-order valence-electron chi connectivity index (χ1n) is 14.8. The first-order valence-corrected chi connectivity index (χ1v) is 14.8. The van der Waals surface area contributed by atoms with Gasteiger partial charge in [-0.2, -0.15) is 0 Å². The van der Waals surface area contributed by atoms with Gasteiger partial charge in [-0.05, 0) is 75.4 Å². The van der Waals surface area contributed by atoms with Crippen molar-refractivity contribution in [3.8, 4) is 11.5 Å². The van der Waals surface area contributed by atoms with E-state index in [-0.39, 0.29) is 19.3 Å². The Morgan fingerprint density at radius 3 is 2.61 bits per heavy atom. The van der Waals surface area contributed by atoms with Gasteiger partial charge in [0.15, 0.2) is 23.2 Å². The van der Waals surface area contributed by atoms with E-state index in [2.05, 4.69) is 11.0 Å². The molecule has 1 aromatic carbocycles. The van der Waals surface area contributed by atoms with E-state index in [0.29, 0.717) is 23.7 Å². The molecule has 0 bridgehead atoms. The van der Waals surface area contributed by atoms with Crippen LogP contribution >= 0.6 is 0 Å². The lowest BCUT2D eigenvalue weighted by Gasteiger charge is -2.40. The highest BCUT2D eigenvalue weighted by atomic mass is 16.7. The predicted octanol–water partition coefficient (Wildman–Crippen LogP) is 3.36. The number of unbranched alkanes of at least 4 members (excludes halogenated alkanes) is 2. The second-order valence-electron chi connectivity index (χ2n) is 12.4. The van der Waals surface area contributed by atoms with E-state index in [1.54, 1.807) is 7.11 Å². The van der Waals surface area contributed by atoms with Crippen molar-refractivity contribution in [2.45, 2.75) is 101 Å². The molecule has 1 saturated heterocycles. The number of esters is 2. The van der Waals surface area contributed by atoms with E-state index in [1.807, 2.05) is 19.1 Å². The molecule has 0 aromatic heterocycles. The molecule has 3 aliphatic heterocycles. The van der Waals surface area contributed by atoms with E-state index in [4.69, 9.17) is 23.7 Å². The lowest BCUT2D eigenvalue weighted by atomic mass is 9.77. The molecule has 4 atom stereocenters. The molecule has 2 unspecified atom stereocenters. The Kier molecular flexibility index (Phi) is 8.29. The fourth-order valence-electron chi connectivity index (χ4n) is 7.07. The van der Waals surface area contributed by atoms with Gasteiger partial charge < -0.3 is 33.9 Å². The van der Waals surface area contributed by atoms with Crippen LogP contribution in [0.15, 0.2) is 24.0 Å². The molecule has 10 nitrogen and oxygen atoms in total. The van der Waals surface area contributed by atoms with Crippen LogP contribution in [0.5, 0.6) is 11.5 Å². The molecular formula is C31H43NO9. The maximum Gasteiger partial charge on any atom is 0.339 e. The number of carbonyl (C=O) groups excluding carboxylic acids is 2. The minimum Gasteiger partial charge on any atom is -0.497 e. The summed E-state index contributed by atoms with van der Waals surface area (Å²) in [7, 11) is 1.55.